The molecule has 15 nitrogen and oxygen atoms in total. The maximum absolute atomic E-state index is 16.0. The molecule has 8 atom stereocenters. The molecule has 5 aliphatic rings. The van der Waals surface area contributed by atoms with Crippen LogP contribution in [0.25, 0.3) is 44.2 Å². The van der Waals surface area contributed by atoms with Gasteiger partial charge in [-0.25, -0.2) is 23.9 Å². The monoisotopic (exact) mass is 846 g/mol. The lowest BCUT2D eigenvalue weighted by Crippen LogP contribution is -2.54. The molecule has 5 aromatic rings. The number of imidazole rings is 2. The van der Waals surface area contributed by atoms with Gasteiger partial charge in [0.15, 0.2) is 0 Å². The van der Waals surface area contributed by atoms with Crippen molar-refractivity contribution in [3.8, 4) is 22.4 Å². The van der Waals surface area contributed by atoms with Gasteiger partial charge in [0.25, 0.3) is 0 Å². The van der Waals surface area contributed by atoms with Gasteiger partial charge in [-0.15, -0.1) is 0 Å². The van der Waals surface area contributed by atoms with Crippen molar-refractivity contribution in [2.45, 2.75) is 88.6 Å². The molecule has 3 aromatic carbocycles. The summed E-state index contributed by atoms with van der Waals surface area (Å²) in [5, 5.41) is 7.42. The highest BCUT2D eigenvalue weighted by atomic mass is 19.1. The Balaban J connectivity index is 0.875. The van der Waals surface area contributed by atoms with E-state index in [0.717, 1.165) is 58.9 Å². The molecule has 5 fully saturated rings. The van der Waals surface area contributed by atoms with Crippen LogP contribution in [0, 0.1) is 29.5 Å². The van der Waals surface area contributed by atoms with Crippen LogP contribution in [-0.2, 0) is 23.8 Å². The molecule has 0 radical (unpaired) electrons. The molecule has 4 amide bonds. The standard InChI is InChI=1S/C46H51FN8O7/c1-22(2)38(52-45(58)60-3)43(56)54-34-17-27(34)19-36(54)41-48-21-33(50-41)30-9-6-25(16-31(30)47)24-5-8-29-26(15-24)7-10-32-40(29)51-42(49-32)37-20-28-18-35(28)55(37)44(57)39(53-46(59)61-4)23-11-13-62-14-12-23/h5-10,15-16,21-23,27-28,34-39H,11-14,17-20H2,1-4H3,(H,48,50)(H,49,51)(H,52,58)(H,53,59)/t27-,28-,34-,35-,36+,37+,38+,39+/m1/s1. The Kier molecular flexibility index (Phi) is 10.1. The van der Waals surface area contributed by atoms with Gasteiger partial charge in [0, 0.05) is 36.2 Å². The fourth-order valence-electron chi connectivity index (χ4n) is 10.4. The zero-order valence-electron chi connectivity index (χ0n) is 35.2. The van der Waals surface area contributed by atoms with E-state index in [1.807, 2.05) is 60.0 Å². The Hall–Kier alpha value is -6.03. The number of hydrogen-bond donors (Lipinski definition) is 4. The molecule has 2 saturated carbocycles. The average Bonchev–Trinajstić information content (AvgIpc) is 3.90. The minimum atomic E-state index is -0.744. The number of ether oxygens (including phenoxy) is 3. The predicted molar refractivity (Wildman–Crippen MR) is 226 cm³/mol. The van der Waals surface area contributed by atoms with Crippen LogP contribution < -0.4 is 10.6 Å². The van der Waals surface area contributed by atoms with Crippen LogP contribution in [0.1, 0.15) is 76.1 Å². The van der Waals surface area contributed by atoms with Gasteiger partial charge in [0.1, 0.15) is 29.5 Å². The van der Waals surface area contributed by atoms with Crippen LogP contribution in [0.15, 0.2) is 54.7 Å². The van der Waals surface area contributed by atoms with E-state index in [-0.39, 0.29) is 47.8 Å². The lowest BCUT2D eigenvalue weighted by atomic mass is 9.90. The quantitative estimate of drug-likeness (QED) is 0.118. The highest BCUT2D eigenvalue weighted by molar-refractivity contribution is 6.05. The maximum Gasteiger partial charge on any atom is 0.407 e. The lowest BCUT2D eigenvalue weighted by molar-refractivity contribution is -0.138. The zero-order valence-corrected chi connectivity index (χ0v) is 35.2. The molecule has 0 unspecified atom stereocenters. The Morgan fingerprint density at radius 2 is 1.47 bits per heavy atom. The van der Waals surface area contributed by atoms with E-state index in [4.69, 9.17) is 19.2 Å². The summed E-state index contributed by atoms with van der Waals surface area (Å²) in [6.45, 7) is 4.86. The molecule has 0 spiro atoms. The Morgan fingerprint density at radius 3 is 2.16 bits per heavy atom. The topological polar surface area (TPSA) is 184 Å². The normalized spacial score (nSPS) is 25.1. The average molecular weight is 847 g/mol. The van der Waals surface area contributed by atoms with Gasteiger partial charge in [-0.1, -0.05) is 38.1 Å². The summed E-state index contributed by atoms with van der Waals surface area (Å²) >= 11 is 0. The van der Waals surface area contributed by atoms with Crippen LogP contribution in [0.2, 0.25) is 0 Å². The number of alkyl carbamates (subject to hydrolysis) is 2. The molecule has 4 N–H and O–H groups in total. The van der Waals surface area contributed by atoms with Gasteiger partial charge in [-0.05, 0) is 103 Å². The highest BCUT2D eigenvalue weighted by Crippen LogP contribution is 2.55. The van der Waals surface area contributed by atoms with E-state index in [9.17, 15) is 19.2 Å². The van der Waals surface area contributed by atoms with Gasteiger partial charge in [0.05, 0.1) is 49.2 Å². The van der Waals surface area contributed by atoms with Crippen LogP contribution in [0.5, 0.6) is 0 Å². The zero-order chi connectivity index (χ0) is 43.0. The molecule has 16 heteroatoms. The molecule has 324 valence electrons. The summed E-state index contributed by atoms with van der Waals surface area (Å²) < 4.78 is 31.3. The van der Waals surface area contributed by atoms with Gasteiger partial charge >= 0.3 is 12.2 Å². The number of rotatable bonds is 10. The Morgan fingerprint density at radius 1 is 0.806 bits per heavy atom. The fraction of sp³-hybridized carbons (Fsp3) is 0.478. The number of fused-ring (bicyclic) bond motifs is 5. The molecule has 3 aliphatic heterocycles. The van der Waals surface area contributed by atoms with Gasteiger partial charge in [-0.3, -0.25) is 9.59 Å². The van der Waals surface area contributed by atoms with Crippen LogP contribution >= 0.6 is 0 Å². The van der Waals surface area contributed by atoms with Crippen LogP contribution in [0.3, 0.4) is 0 Å². The van der Waals surface area contributed by atoms with Crippen molar-refractivity contribution in [1.29, 1.82) is 0 Å². The summed E-state index contributed by atoms with van der Waals surface area (Å²) in [6, 6.07) is 13.3. The van der Waals surface area contributed by atoms with E-state index in [0.29, 0.717) is 60.5 Å². The first kappa shape index (κ1) is 40.1. The molecular weight excluding hydrogens is 796 g/mol. The summed E-state index contributed by atoms with van der Waals surface area (Å²) in [5.74, 6) is 1.18. The third kappa shape index (κ3) is 7.11. The number of H-pyrrole nitrogens is 2. The summed E-state index contributed by atoms with van der Waals surface area (Å²) in [6.07, 6.45) is 5.09. The fourth-order valence-corrected chi connectivity index (χ4v) is 10.4. The van der Waals surface area contributed by atoms with Crippen molar-refractivity contribution in [3.05, 3.63) is 72.2 Å². The smallest absolute Gasteiger partial charge is 0.407 e. The van der Waals surface area contributed by atoms with Crippen molar-refractivity contribution in [2.75, 3.05) is 27.4 Å². The number of methoxy groups -OCH3 is 2. The number of carbonyl (C=O) groups excluding carboxylic acids is 4. The van der Waals surface area contributed by atoms with Gasteiger partial charge in [0.2, 0.25) is 11.8 Å². The number of benzene rings is 3. The maximum atomic E-state index is 16.0. The second-order valence-corrected chi connectivity index (χ2v) is 17.9. The van der Waals surface area contributed by atoms with Crippen molar-refractivity contribution in [3.63, 3.8) is 0 Å². The van der Waals surface area contributed by atoms with Crippen molar-refractivity contribution in [2.24, 2.45) is 23.7 Å². The molecule has 2 aromatic heterocycles. The summed E-state index contributed by atoms with van der Waals surface area (Å²) in [7, 11) is 2.58. The highest BCUT2D eigenvalue weighted by Gasteiger charge is 2.57. The first-order valence-corrected chi connectivity index (χ1v) is 21.7. The van der Waals surface area contributed by atoms with Gasteiger partial charge < -0.3 is 44.6 Å². The van der Waals surface area contributed by atoms with Gasteiger partial charge in [-0.2, -0.15) is 0 Å². The number of nitrogens with one attached hydrogen (secondary N) is 4. The first-order valence-electron chi connectivity index (χ1n) is 21.7. The number of likely N-dealkylation sites (tertiary alicyclic amines) is 2. The predicted octanol–water partition coefficient (Wildman–Crippen LogP) is 6.77. The molecule has 3 saturated heterocycles. The molecule has 10 rings (SSSR count). The molecule has 2 aliphatic carbocycles. The van der Waals surface area contributed by atoms with E-state index >= 15 is 4.39 Å². The first-order chi connectivity index (χ1) is 30.0. The molecule has 5 heterocycles. The third-order valence-electron chi connectivity index (χ3n) is 13.9. The second-order valence-electron chi connectivity index (χ2n) is 17.9. The number of nitrogens with zero attached hydrogens (tertiary/aromatic N) is 4. The second kappa shape index (κ2) is 15.7. The number of aromatic amines is 2. The molecule has 0 bridgehead atoms. The van der Waals surface area contributed by atoms with E-state index in [2.05, 4.69) is 25.6 Å². The Bertz CT molecular complexity index is 2590. The molecular formula is C46H51FN8O7. The minimum Gasteiger partial charge on any atom is -0.453 e. The Labute approximate surface area is 357 Å². The van der Waals surface area contributed by atoms with Crippen LogP contribution in [-0.4, -0.2) is 105 Å². The van der Waals surface area contributed by atoms with Crippen LogP contribution in [0.4, 0.5) is 14.0 Å². The van der Waals surface area contributed by atoms with Crippen molar-refractivity contribution < 1.29 is 37.8 Å². The number of amides is 4. The number of piperidine rings is 2. The van der Waals surface area contributed by atoms with E-state index in [1.165, 1.54) is 20.3 Å². The number of hydrogen-bond acceptors (Lipinski definition) is 9. The summed E-state index contributed by atoms with van der Waals surface area (Å²) in [5.41, 5.74) is 4.08. The SMILES string of the molecule is COC(=O)N[C@H](C(=O)N1[C@@H]2C[C@@H]2C[C@H]1c1ncc(-c2ccc(-c3ccc4c(ccc5[nH]c([C@@H]6C[C@H]7C[C@H]7N6C(=O)[C@@H](NC(=O)OC)C6CCOCC6)nc54)c3)cc2F)[nH]1)C(C)C. The number of halogens is 1. The number of carbonyl (C=O) groups is 4. The summed E-state index contributed by atoms with van der Waals surface area (Å²) in [4.78, 5) is 73.0. The minimum absolute atomic E-state index is 0.0505. The third-order valence-corrected chi connectivity index (χ3v) is 13.9. The number of aromatic nitrogens is 4. The van der Waals surface area contributed by atoms with Crippen molar-refractivity contribution >= 4 is 45.8 Å². The lowest BCUT2D eigenvalue weighted by Gasteiger charge is -2.35. The van der Waals surface area contributed by atoms with Crippen molar-refractivity contribution in [1.82, 2.24) is 40.4 Å². The van der Waals surface area contributed by atoms with E-state index < -0.39 is 30.1 Å². The largest absolute Gasteiger partial charge is 0.453 e. The molecule has 62 heavy (non-hydrogen) atoms. The van der Waals surface area contributed by atoms with E-state index in [1.54, 1.807) is 12.3 Å².